The number of aryl methyl sites for hydroxylation is 1. The summed E-state index contributed by atoms with van der Waals surface area (Å²) in [5, 5.41) is 4.41. The molecule has 0 unspecified atom stereocenters. The number of rotatable bonds is 3. The van der Waals surface area contributed by atoms with Crippen molar-refractivity contribution in [2.45, 2.75) is 26.7 Å². The van der Waals surface area contributed by atoms with E-state index in [0.717, 1.165) is 18.5 Å². The predicted molar refractivity (Wildman–Crippen MR) is 50.1 cm³/mol. The van der Waals surface area contributed by atoms with Gasteiger partial charge in [-0.25, -0.2) is 0 Å². The maximum atomic E-state index is 5.48. The molecule has 0 saturated heterocycles. The lowest BCUT2D eigenvalue weighted by atomic mass is 10.1. The standard InChI is InChI=1S/C9H17N3/c1-4-9-7(2)8(5-6-10)11-12(9)3/h4-6,10H2,1-3H3. The minimum Gasteiger partial charge on any atom is -0.330 e. The number of nitrogens with zero attached hydrogens (tertiary/aromatic N) is 2. The van der Waals surface area contributed by atoms with Gasteiger partial charge in [-0.3, -0.25) is 4.68 Å². The first-order valence-electron chi connectivity index (χ1n) is 4.42. The normalized spacial score (nSPS) is 10.7. The van der Waals surface area contributed by atoms with Crippen LogP contribution in [0.3, 0.4) is 0 Å². The van der Waals surface area contributed by atoms with E-state index in [1.54, 1.807) is 0 Å². The highest BCUT2D eigenvalue weighted by Gasteiger charge is 2.08. The lowest BCUT2D eigenvalue weighted by Crippen LogP contribution is -2.04. The summed E-state index contributed by atoms with van der Waals surface area (Å²) >= 11 is 0. The van der Waals surface area contributed by atoms with Gasteiger partial charge in [0.15, 0.2) is 0 Å². The highest BCUT2D eigenvalue weighted by Crippen LogP contribution is 2.12. The Morgan fingerprint density at radius 2 is 2.17 bits per heavy atom. The molecule has 0 aliphatic carbocycles. The SMILES string of the molecule is CCc1c(C)c(CCN)nn1C. The summed E-state index contributed by atoms with van der Waals surface area (Å²) in [6, 6.07) is 0. The molecule has 12 heavy (non-hydrogen) atoms. The lowest BCUT2D eigenvalue weighted by molar-refractivity contribution is 0.701. The van der Waals surface area contributed by atoms with Crippen molar-refractivity contribution in [3.8, 4) is 0 Å². The molecule has 1 aromatic rings. The van der Waals surface area contributed by atoms with E-state index in [1.807, 2.05) is 11.7 Å². The molecule has 0 bridgehead atoms. The Hall–Kier alpha value is -0.830. The van der Waals surface area contributed by atoms with Gasteiger partial charge in [0, 0.05) is 19.2 Å². The van der Waals surface area contributed by atoms with Gasteiger partial charge in [-0.1, -0.05) is 6.92 Å². The van der Waals surface area contributed by atoms with Gasteiger partial charge in [-0.15, -0.1) is 0 Å². The van der Waals surface area contributed by atoms with Crippen LogP contribution in [0, 0.1) is 6.92 Å². The monoisotopic (exact) mass is 167 g/mol. The quantitative estimate of drug-likeness (QED) is 0.723. The molecule has 0 aromatic carbocycles. The van der Waals surface area contributed by atoms with E-state index >= 15 is 0 Å². The van der Waals surface area contributed by atoms with Crippen LogP contribution in [0.15, 0.2) is 0 Å². The predicted octanol–water partition coefficient (Wildman–Crippen LogP) is 0.792. The summed E-state index contributed by atoms with van der Waals surface area (Å²) in [5.41, 5.74) is 9.26. The van der Waals surface area contributed by atoms with Crippen LogP contribution < -0.4 is 5.73 Å². The maximum Gasteiger partial charge on any atom is 0.0669 e. The molecule has 0 aliphatic heterocycles. The second-order valence-electron chi connectivity index (χ2n) is 3.03. The van der Waals surface area contributed by atoms with E-state index < -0.39 is 0 Å². The third kappa shape index (κ3) is 1.50. The topological polar surface area (TPSA) is 43.8 Å². The average molecular weight is 167 g/mol. The van der Waals surface area contributed by atoms with E-state index in [4.69, 9.17) is 5.73 Å². The zero-order valence-electron chi connectivity index (χ0n) is 8.09. The Morgan fingerprint density at radius 1 is 1.50 bits per heavy atom. The van der Waals surface area contributed by atoms with Gasteiger partial charge < -0.3 is 5.73 Å². The average Bonchev–Trinajstić information content (AvgIpc) is 2.29. The molecule has 2 N–H and O–H groups in total. The van der Waals surface area contributed by atoms with E-state index in [9.17, 15) is 0 Å². The largest absolute Gasteiger partial charge is 0.330 e. The van der Waals surface area contributed by atoms with Crippen molar-refractivity contribution in [3.63, 3.8) is 0 Å². The third-order valence-electron chi connectivity index (χ3n) is 2.24. The first kappa shape index (κ1) is 9.26. The summed E-state index contributed by atoms with van der Waals surface area (Å²) in [6.45, 7) is 4.95. The fourth-order valence-electron chi connectivity index (χ4n) is 1.59. The third-order valence-corrected chi connectivity index (χ3v) is 2.24. The highest BCUT2D eigenvalue weighted by atomic mass is 15.3. The fourth-order valence-corrected chi connectivity index (χ4v) is 1.59. The molecule has 1 heterocycles. The molecule has 0 amide bonds. The minimum atomic E-state index is 0.682. The van der Waals surface area contributed by atoms with Gasteiger partial charge in [0.25, 0.3) is 0 Å². The zero-order chi connectivity index (χ0) is 9.14. The van der Waals surface area contributed by atoms with Crippen LogP contribution in [0.4, 0.5) is 0 Å². The Labute approximate surface area is 73.6 Å². The zero-order valence-corrected chi connectivity index (χ0v) is 8.09. The molecular weight excluding hydrogens is 150 g/mol. The molecule has 0 aliphatic rings. The summed E-state index contributed by atoms with van der Waals surface area (Å²) in [6.07, 6.45) is 1.93. The number of hydrogen-bond donors (Lipinski definition) is 1. The molecule has 1 rings (SSSR count). The van der Waals surface area contributed by atoms with Gasteiger partial charge in [0.2, 0.25) is 0 Å². The van der Waals surface area contributed by atoms with Gasteiger partial charge >= 0.3 is 0 Å². The molecule has 0 spiro atoms. The summed E-state index contributed by atoms with van der Waals surface area (Å²) < 4.78 is 1.96. The number of nitrogens with two attached hydrogens (primary N) is 1. The molecule has 1 aromatic heterocycles. The molecule has 0 radical (unpaired) electrons. The molecule has 68 valence electrons. The van der Waals surface area contributed by atoms with Gasteiger partial charge in [0.1, 0.15) is 0 Å². The maximum absolute atomic E-state index is 5.48. The smallest absolute Gasteiger partial charge is 0.0669 e. The number of aromatic nitrogens is 2. The summed E-state index contributed by atoms with van der Waals surface area (Å²) in [4.78, 5) is 0. The van der Waals surface area contributed by atoms with E-state index in [0.29, 0.717) is 6.54 Å². The van der Waals surface area contributed by atoms with Crippen LogP contribution >= 0.6 is 0 Å². The van der Waals surface area contributed by atoms with Crippen LogP contribution in [0.25, 0.3) is 0 Å². The van der Waals surface area contributed by atoms with Crippen LogP contribution in [0.2, 0.25) is 0 Å². The van der Waals surface area contributed by atoms with Crippen molar-refractivity contribution in [3.05, 3.63) is 17.0 Å². The second-order valence-corrected chi connectivity index (χ2v) is 3.03. The Morgan fingerprint density at radius 3 is 2.58 bits per heavy atom. The van der Waals surface area contributed by atoms with E-state index in [-0.39, 0.29) is 0 Å². The Kier molecular flexibility index (Phi) is 2.87. The second kappa shape index (κ2) is 3.72. The molecule has 3 heteroatoms. The van der Waals surface area contributed by atoms with Crippen LogP contribution in [-0.2, 0) is 19.9 Å². The first-order valence-corrected chi connectivity index (χ1v) is 4.42. The fraction of sp³-hybridized carbons (Fsp3) is 0.667. The molecule has 0 saturated carbocycles. The van der Waals surface area contributed by atoms with Gasteiger partial charge in [0.05, 0.1) is 5.69 Å². The molecule has 0 fully saturated rings. The molecular formula is C9H17N3. The van der Waals surface area contributed by atoms with E-state index in [2.05, 4.69) is 18.9 Å². The highest BCUT2D eigenvalue weighted by molar-refractivity contribution is 5.24. The van der Waals surface area contributed by atoms with Crippen molar-refractivity contribution in [1.82, 2.24) is 9.78 Å². The molecule has 0 atom stereocenters. The van der Waals surface area contributed by atoms with Crippen LogP contribution in [-0.4, -0.2) is 16.3 Å². The van der Waals surface area contributed by atoms with E-state index in [1.165, 1.54) is 11.3 Å². The number of hydrogen-bond acceptors (Lipinski definition) is 2. The van der Waals surface area contributed by atoms with Gasteiger partial charge in [-0.05, 0) is 25.5 Å². The summed E-state index contributed by atoms with van der Waals surface area (Å²) in [7, 11) is 1.99. The van der Waals surface area contributed by atoms with Crippen LogP contribution in [0.5, 0.6) is 0 Å². The first-order chi connectivity index (χ1) is 5.70. The van der Waals surface area contributed by atoms with Crippen molar-refractivity contribution < 1.29 is 0 Å². The Balaban J connectivity index is 3.00. The van der Waals surface area contributed by atoms with Crippen molar-refractivity contribution in [2.24, 2.45) is 12.8 Å². The summed E-state index contributed by atoms with van der Waals surface area (Å²) in [5.74, 6) is 0. The van der Waals surface area contributed by atoms with Gasteiger partial charge in [-0.2, -0.15) is 5.10 Å². The minimum absolute atomic E-state index is 0.682. The lowest BCUT2D eigenvalue weighted by Gasteiger charge is -1.97. The van der Waals surface area contributed by atoms with Crippen molar-refractivity contribution in [2.75, 3.05) is 6.54 Å². The Bertz CT molecular complexity index is 263. The van der Waals surface area contributed by atoms with Crippen molar-refractivity contribution >= 4 is 0 Å². The van der Waals surface area contributed by atoms with Crippen molar-refractivity contribution in [1.29, 1.82) is 0 Å². The van der Waals surface area contributed by atoms with Crippen LogP contribution in [0.1, 0.15) is 23.9 Å². The molecule has 3 nitrogen and oxygen atoms in total.